The molecule has 0 aliphatic heterocycles. The fourth-order valence-corrected chi connectivity index (χ4v) is 2.60. The normalized spacial score (nSPS) is 14.5. The van der Waals surface area contributed by atoms with E-state index in [0.717, 1.165) is 6.07 Å². The molecule has 0 amide bonds. The van der Waals surface area contributed by atoms with Gasteiger partial charge in [0.15, 0.2) is 6.10 Å². The van der Waals surface area contributed by atoms with E-state index in [1.165, 1.54) is 18.2 Å². The SMILES string of the molecule is O=S(=O)(NCC(O)C(F)(F)F)c1ccccc1Cl. The van der Waals surface area contributed by atoms with Crippen LogP contribution in [0.1, 0.15) is 0 Å². The summed E-state index contributed by atoms with van der Waals surface area (Å²) >= 11 is 5.61. The second-order valence-electron chi connectivity index (χ2n) is 3.34. The molecule has 0 aliphatic carbocycles. The Balaban J connectivity index is 2.82. The zero-order valence-electron chi connectivity index (χ0n) is 8.78. The molecular formula is C9H9ClF3NO3S. The van der Waals surface area contributed by atoms with Crippen molar-refractivity contribution >= 4 is 21.6 Å². The highest BCUT2D eigenvalue weighted by Gasteiger charge is 2.38. The van der Waals surface area contributed by atoms with Gasteiger partial charge in [-0.05, 0) is 12.1 Å². The smallest absolute Gasteiger partial charge is 0.382 e. The molecule has 0 bridgehead atoms. The first-order chi connectivity index (χ1) is 8.14. The van der Waals surface area contributed by atoms with Crippen LogP contribution >= 0.6 is 11.6 Å². The standard InChI is InChI=1S/C9H9ClF3NO3S/c10-6-3-1-2-4-7(6)18(16,17)14-5-8(15)9(11,12)13/h1-4,8,14-15H,5H2. The predicted molar refractivity (Wildman–Crippen MR) is 58.7 cm³/mol. The number of benzene rings is 1. The molecule has 0 spiro atoms. The average Bonchev–Trinajstić information content (AvgIpc) is 2.25. The molecule has 0 fully saturated rings. The summed E-state index contributed by atoms with van der Waals surface area (Å²) in [4.78, 5) is -0.346. The van der Waals surface area contributed by atoms with Gasteiger partial charge in [-0.25, -0.2) is 13.1 Å². The number of aliphatic hydroxyl groups is 1. The van der Waals surface area contributed by atoms with E-state index in [-0.39, 0.29) is 9.92 Å². The van der Waals surface area contributed by atoms with Crippen molar-refractivity contribution in [3.8, 4) is 0 Å². The molecule has 4 nitrogen and oxygen atoms in total. The van der Waals surface area contributed by atoms with E-state index < -0.39 is 28.8 Å². The first kappa shape index (κ1) is 15.2. The highest BCUT2D eigenvalue weighted by Crippen LogP contribution is 2.22. The summed E-state index contributed by atoms with van der Waals surface area (Å²) in [6.07, 6.45) is -7.65. The zero-order chi connectivity index (χ0) is 14.0. The summed E-state index contributed by atoms with van der Waals surface area (Å²) in [5.41, 5.74) is 0. The Hall–Kier alpha value is -0.830. The number of sulfonamides is 1. The fraction of sp³-hybridized carbons (Fsp3) is 0.333. The number of nitrogens with one attached hydrogen (secondary N) is 1. The van der Waals surface area contributed by atoms with Gasteiger partial charge < -0.3 is 5.11 Å². The van der Waals surface area contributed by atoms with Crippen LogP contribution in [0.4, 0.5) is 13.2 Å². The lowest BCUT2D eigenvalue weighted by Gasteiger charge is -2.15. The van der Waals surface area contributed by atoms with Gasteiger partial charge in [0.25, 0.3) is 0 Å². The molecule has 102 valence electrons. The zero-order valence-corrected chi connectivity index (χ0v) is 10.4. The number of halogens is 4. The van der Waals surface area contributed by atoms with E-state index in [2.05, 4.69) is 0 Å². The molecule has 9 heteroatoms. The molecule has 18 heavy (non-hydrogen) atoms. The Bertz CT molecular complexity index is 518. The van der Waals surface area contributed by atoms with Crippen molar-refractivity contribution in [2.45, 2.75) is 17.2 Å². The Labute approximate surface area is 106 Å². The third kappa shape index (κ3) is 3.84. The lowest BCUT2D eigenvalue weighted by atomic mass is 10.4. The van der Waals surface area contributed by atoms with E-state index >= 15 is 0 Å². The van der Waals surface area contributed by atoms with Crippen molar-refractivity contribution in [1.82, 2.24) is 4.72 Å². The van der Waals surface area contributed by atoms with E-state index in [1.807, 2.05) is 0 Å². The van der Waals surface area contributed by atoms with E-state index in [4.69, 9.17) is 16.7 Å². The van der Waals surface area contributed by atoms with Gasteiger partial charge in [0.2, 0.25) is 10.0 Å². The van der Waals surface area contributed by atoms with E-state index in [9.17, 15) is 21.6 Å². The first-order valence-corrected chi connectivity index (χ1v) is 6.49. The van der Waals surface area contributed by atoms with Gasteiger partial charge in [0.1, 0.15) is 4.90 Å². The van der Waals surface area contributed by atoms with Crippen LogP contribution in [0.2, 0.25) is 5.02 Å². The Kier molecular flexibility index (Phi) is 4.60. The van der Waals surface area contributed by atoms with Crippen LogP contribution in [0.5, 0.6) is 0 Å². The number of hydrogen-bond acceptors (Lipinski definition) is 3. The predicted octanol–water partition coefficient (Wildman–Crippen LogP) is 1.54. The highest BCUT2D eigenvalue weighted by molar-refractivity contribution is 7.89. The average molecular weight is 304 g/mol. The third-order valence-corrected chi connectivity index (χ3v) is 3.89. The Morgan fingerprint density at radius 2 is 1.89 bits per heavy atom. The lowest BCUT2D eigenvalue weighted by Crippen LogP contribution is -2.40. The van der Waals surface area contributed by atoms with Gasteiger partial charge in [-0.3, -0.25) is 0 Å². The highest BCUT2D eigenvalue weighted by atomic mass is 35.5. The van der Waals surface area contributed by atoms with Gasteiger partial charge in [-0.2, -0.15) is 13.2 Å². The van der Waals surface area contributed by atoms with Crippen LogP contribution in [0, 0.1) is 0 Å². The van der Waals surface area contributed by atoms with Crippen LogP contribution in [0.15, 0.2) is 29.2 Å². The number of aliphatic hydroxyl groups excluding tert-OH is 1. The van der Waals surface area contributed by atoms with E-state index in [0.29, 0.717) is 0 Å². The van der Waals surface area contributed by atoms with Crippen molar-refractivity contribution in [2.24, 2.45) is 0 Å². The second kappa shape index (κ2) is 5.43. The Morgan fingerprint density at radius 1 is 1.33 bits per heavy atom. The summed E-state index contributed by atoms with van der Waals surface area (Å²) in [5, 5.41) is 8.56. The molecule has 1 rings (SSSR count). The van der Waals surface area contributed by atoms with Gasteiger partial charge in [-0.15, -0.1) is 0 Å². The molecule has 0 aromatic heterocycles. The molecule has 1 atom stereocenters. The van der Waals surface area contributed by atoms with Crippen LogP contribution in [-0.4, -0.2) is 32.3 Å². The maximum absolute atomic E-state index is 12.0. The topological polar surface area (TPSA) is 66.4 Å². The maximum atomic E-state index is 12.0. The monoisotopic (exact) mass is 303 g/mol. The lowest BCUT2D eigenvalue weighted by molar-refractivity contribution is -0.200. The van der Waals surface area contributed by atoms with Crippen molar-refractivity contribution in [3.63, 3.8) is 0 Å². The molecule has 2 N–H and O–H groups in total. The molecule has 1 aromatic rings. The third-order valence-electron chi connectivity index (χ3n) is 1.97. The van der Waals surface area contributed by atoms with Crippen molar-refractivity contribution in [3.05, 3.63) is 29.3 Å². The summed E-state index contributed by atoms with van der Waals surface area (Å²) < 4.78 is 60.8. The molecule has 0 saturated heterocycles. The molecule has 0 radical (unpaired) electrons. The van der Waals surface area contributed by atoms with Crippen LogP contribution < -0.4 is 4.72 Å². The Morgan fingerprint density at radius 3 is 2.39 bits per heavy atom. The van der Waals surface area contributed by atoms with Gasteiger partial charge in [0, 0.05) is 6.54 Å². The summed E-state index contributed by atoms with van der Waals surface area (Å²) in [5.74, 6) is 0. The second-order valence-corrected chi connectivity index (χ2v) is 5.48. The quantitative estimate of drug-likeness (QED) is 0.887. The minimum Gasteiger partial charge on any atom is -0.382 e. The summed E-state index contributed by atoms with van der Waals surface area (Å²) in [6.45, 7) is -1.17. The van der Waals surface area contributed by atoms with E-state index in [1.54, 1.807) is 4.72 Å². The van der Waals surface area contributed by atoms with Crippen LogP contribution in [-0.2, 0) is 10.0 Å². The summed E-state index contributed by atoms with van der Waals surface area (Å²) in [6, 6.07) is 5.29. The van der Waals surface area contributed by atoms with Gasteiger partial charge in [-0.1, -0.05) is 23.7 Å². The van der Waals surface area contributed by atoms with Crippen LogP contribution in [0.3, 0.4) is 0 Å². The molecule has 1 aromatic carbocycles. The number of rotatable bonds is 4. The van der Waals surface area contributed by atoms with Gasteiger partial charge >= 0.3 is 6.18 Å². The van der Waals surface area contributed by atoms with Crippen molar-refractivity contribution in [2.75, 3.05) is 6.54 Å². The van der Waals surface area contributed by atoms with Gasteiger partial charge in [0.05, 0.1) is 5.02 Å². The summed E-state index contributed by atoms with van der Waals surface area (Å²) in [7, 11) is -4.19. The molecule has 0 heterocycles. The number of hydrogen-bond donors (Lipinski definition) is 2. The van der Waals surface area contributed by atoms with Crippen molar-refractivity contribution < 1.29 is 26.7 Å². The minimum atomic E-state index is -4.89. The molecule has 1 unspecified atom stereocenters. The maximum Gasteiger partial charge on any atom is 0.415 e. The molecular weight excluding hydrogens is 295 g/mol. The van der Waals surface area contributed by atoms with Crippen LogP contribution in [0.25, 0.3) is 0 Å². The van der Waals surface area contributed by atoms with Crippen molar-refractivity contribution in [1.29, 1.82) is 0 Å². The first-order valence-electron chi connectivity index (χ1n) is 4.63. The minimum absolute atomic E-state index is 0.119. The fourth-order valence-electron chi connectivity index (χ4n) is 1.04. The largest absolute Gasteiger partial charge is 0.415 e. The molecule has 0 saturated carbocycles. The number of alkyl halides is 3. The molecule has 0 aliphatic rings.